The maximum absolute atomic E-state index is 10.8. The molecule has 1 N–H and O–H groups in total. The fraction of sp³-hybridized carbons (Fsp3) is 0.125. The molecular formula is C8H6N2O3. The number of hydrogen-bond acceptors (Lipinski definition) is 5. The van der Waals surface area contributed by atoms with Crippen LogP contribution in [0.1, 0.15) is 10.4 Å². The van der Waals surface area contributed by atoms with Crippen LogP contribution in [0, 0.1) is 0 Å². The summed E-state index contributed by atoms with van der Waals surface area (Å²) in [5.41, 5.74) is 1.02. The number of carbonyl (C=O) groups is 2. The van der Waals surface area contributed by atoms with Crippen LogP contribution < -0.4 is 10.1 Å². The van der Waals surface area contributed by atoms with Gasteiger partial charge in [0, 0.05) is 11.8 Å². The number of nitrogens with zero attached hydrogens (tertiary/aromatic N) is 1. The first kappa shape index (κ1) is 7.72. The zero-order valence-corrected chi connectivity index (χ0v) is 6.61. The number of anilines is 1. The Morgan fingerprint density at radius 3 is 3.23 bits per heavy atom. The maximum atomic E-state index is 10.8. The van der Waals surface area contributed by atoms with Gasteiger partial charge in [-0.25, -0.2) is 9.78 Å². The normalized spacial score (nSPS) is 14.0. The zero-order valence-electron chi connectivity index (χ0n) is 6.61. The van der Waals surface area contributed by atoms with Gasteiger partial charge in [-0.1, -0.05) is 0 Å². The Morgan fingerprint density at radius 1 is 1.62 bits per heavy atom. The van der Waals surface area contributed by atoms with Crippen LogP contribution in [0.15, 0.2) is 12.3 Å². The number of pyridine rings is 1. The SMILES string of the molecule is O=Cc1cnc2c(c1)NCC(=O)O2. The number of aldehydes is 1. The Labute approximate surface area is 73.7 Å². The molecule has 0 atom stereocenters. The molecule has 0 saturated heterocycles. The highest BCUT2D eigenvalue weighted by Gasteiger charge is 2.17. The van der Waals surface area contributed by atoms with E-state index in [1.165, 1.54) is 6.20 Å². The molecule has 5 nitrogen and oxygen atoms in total. The van der Waals surface area contributed by atoms with Crippen molar-refractivity contribution in [1.29, 1.82) is 0 Å². The molecule has 0 radical (unpaired) electrons. The molecule has 1 aromatic rings. The molecule has 0 amide bonds. The van der Waals surface area contributed by atoms with Gasteiger partial charge in [0.25, 0.3) is 0 Å². The van der Waals surface area contributed by atoms with Crippen LogP contribution in [-0.4, -0.2) is 23.8 Å². The molecule has 2 rings (SSSR count). The molecule has 1 aliphatic heterocycles. The number of ether oxygens (including phenoxy) is 1. The van der Waals surface area contributed by atoms with Crippen LogP contribution in [0.3, 0.4) is 0 Å². The number of nitrogens with one attached hydrogen (secondary N) is 1. The third kappa shape index (κ3) is 1.35. The monoisotopic (exact) mass is 178 g/mol. The van der Waals surface area contributed by atoms with Crippen molar-refractivity contribution in [2.24, 2.45) is 0 Å². The van der Waals surface area contributed by atoms with Gasteiger partial charge in [-0.3, -0.25) is 4.79 Å². The van der Waals surface area contributed by atoms with Crippen LogP contribution in [0.25, 0.3) is 0 Å². The summed E-state index contributed by atoms with van der Waals surface area (Å²) >= 11 is 0. The Hall–Kier alpha value is -1.91. The Balaban J connectivity index is 2.42. The van der Waals surface area contributed by atoms with Gasteiger partial charge in [0.15, 0.2) is 6.29 Å². The first-order valence-corrected chi connectivity index (χ1v) is 3.69. The van der Waals surface area contributed by atoms with E-state index < -0.39 is 0 Å². The minimum atomic E-state index is -0.376. The molecule has 1 aliphatic rings. The van der Waals surface area contributed by atoms with Crippen molar-refractivity contribution >= 4 is 17.9 Å². The molecule has 13 heavy (non-hydrogen) atoms. The molecule has 0 aromatic carbocycles. The lowest BCUT2D eigenvalue weighted by Gasteiger charge is -2.15. The minimum absolute atomic E-state index is 0.108. The van der Waals surface area contributed by atoms with Crippen LogP contribution in [0.4, 0.5) is 5.69 Å². The standard InChI is InChI=1S/C8H6N2O3/c11-4-5-1-6-8(10-2-5)13-7(12)3-9-6/h1-2,4,9H,3H2. The van der Waals surface area contributed by atoms with Crippen molar-refractivity contribution in [3.05, 3.63) is 17.8 Å². The van der Waals surface area contributed by atoms with Gasteiger partial charge in [0.2, 0.25) is 5.88 Å². The highest BCUT2D eigenvalue weighted by atomic mass is 16.5. The van der Waals surface area contributed by atoms with Crippen molar-refractivity contribution in [2.45, 2.75) is 0 Å². The molecule has 0 spiro atoms. The molecule has 2 heterocycles. The number of esters is 1. The van der Waals surface area contributed by atoms with Gasteiger partial charge in [-0.2, -0.15) is 0 Å². The minimum Gasteiger partial charge on any atom is -0.404 e. The Morgan fingerprint density at radius 2 is 2.46 bits per heavy atom. The van der Waals surface area contributed by atoms with Crippen molar-refractivity contribution < 1.29 is 14.3 Å². The van der Waals surface area contributed by atoms with E-state index in [2.05, 4.69) is 10.3 Å². The van der Waals surface area contributed by atoms with Gasteiger partial charge < -0.3 is 10.1 Å². The first-order chi connectivity index (χ1) is 6.29. The molecule has 1 aromatic heterocycles. The average Bonchev–Trinajstić information content (AvgIpc) is 2.17. The lowest BCUT2D eigenvalue weighted by Crippen LogP contribution is -2.25. The molecule has 0 unspecified atom stereocenters. The van der Waals surface area contributed by atoms with E-state index in [9.17, 15) is 9.59 Å². The Kier molecular flexibility index (Phi) is 1.70. The Bertz CT molecular complexity index is 376. The summed E-state index contributed by atoms with van der Waals surface area (Å²) in [4.78, 5) is 25.0. The number of hydrogen-bond donors (Lipinski definition) is 1. The summed E-state index contributed by atoms with van der Waals surface area (Å²) in [5, 5.41) is 2.79. The van der Waals surface area contributed by atoms with Crippen molar-refractivity contribution in [3.8, 4) is 5.88 Å². The molecule has 0 fully saturated rings. The lowest BCUT2D eigenvalue weighted by molar-refractivity contribution is -0.133. The zero-order chi connectivity index (χ0) is 9.26. The second-order valence-corrected chi connectivity index (χ2v) is 2.57. The summed E-state index contributed by atoms with van der Waals surface area (Å²) in [5.74, 6) is -0.152. The topological polar surface area (TPSA) is 68.3 Å². The van der Waals surface area contributed by atoms with Crippen LogP contribution >= 0.6 is 0 Å². The molecular weight excluding hydrogens is 172 g/mol. The van der Waals surface area contributed by atoms with Crippen LogP contribution in [0.5, 0.6) is 5.88 Å². The molecule has 0 bridgehead atoms. The fourth-order valence-electron chi connectivity index (χ4n) is 1.05. The predicted octanol–water partition coefficient (Wildman–Crippen LogP) is 0.225. The van der Waals surface area contributed by atoms with E-state index in [0.717, 1.165) is 0 Å². The van der Waals surface area contributed by atoms with Crippen LogP contribution in [0.2, 0.25) is 0 Å². The number of rotatable bonds is 1. The summed E-state index contributed by atoms with van der Waals surface area (Å²) in [6.45, 7) is 0.108. The second kappa shape index (κ2) is 2.85. The van der Waals surface area contributed by atoms with Crippen molar-refractivity contribution in [1.82, 2.24) is 4.98 Å². The highest BCUT2D eigenvalue weighted by molar-refractivity contribution is 5.84. The van der Waals surface area contributed by atoms with E-state index >= 15 is 0 Å². The van der Waals surface area contributed by atoms with Gasteiger partial charge in [0.1, 0.15) is 6.54 Å². The molecule has 0 aliphatic carbocycles. The van der Waals surface area contributed by atoms with E-state index in [4.69, 9.17) is 4.74 Å². The van der Waals surface area contributed by atoms with Gasteiger partial charge in [0.05, 0.1) is 5.69 Å². The molecule has 66 valence electrons. The van der Waals surface area contributed by atoms with Crippen LogP contribution in [-0.2, 0) is 4.79 Å². The third-order valence-electron chi connectivity index (χ3n) is 1.64. The first-order valence-electron chi connectivity index (χ1n) is 3.69. The molecule has 5 heteroatoms. The fourth-order valence-corrected chi connectivity index (χ4v) is 1.05. The average molecular weight is 178 g/mol. The van der Waals surface area contributed by atoms with Gasteiger partial charge in [-0.15, -0.1) is 0 Å². The van der Waals surface area contributed by atoms with Crippen molar-refractivity contribution in [2.75, 3.05) is 11.9 Å². The van der Waals surface area contributed by atoms with E-state index in [-0.39, 0.29) is 18.4 Å². The number of aromatic nitrogens is 1. The van der Waals surface area contributed by atoms with Gasteiger partial charge >= 0.3 is 5.97 Å². The summed E-state index contributed by atoms with van der Waals surface area (Å²) in [6.07, 6.45) is 2.04. The predicted molar refractivity (Wildman–Crippen MR) is 43.7 cm³/mol. The van der Waals surface area contributed by atoms with E-state index in [1.807, 2.05) is 0 Å². The van der Waals surface area contributed by atoms with E-state index in [0.29, 0.717) is 17.5 Å². The number of fused-ring (bicyclic) bond motifs is 1. The summed E-state index contributed by atoms with van der Waals surface area (Å²) in [7, 11) is 0. The number of carbonyl (C=O) groups excluding carboxylic acids is 2. The molecule has 0 saturated carbocycles. The lowest BCUT2D eigenvalue weighted by atomic mass is 10.2. The van der Waals surface area contributed by atoms with Gasteiger partial charge in [-0.05, 0) is 6.07 Å². The maximum Gasteiger partial charge on any atom is 0.332 e. The van der Waals surface area contributed by atoms with Crippen molar-refractivity contribution in [3.63, 3.8) is 0 Å². The quantitative estimate of drug-likeness (QED) is 0.492. The van der Waals surface area contributed by atoms with E-state index in [1.54, 1.807) is 6.07 Å². The summed E-state index contributed by atoms with van der Waals surface area (Å²) < 4.78 is 4.80. The summed E-state index contributed by atoms with van der Waals surface area (Å²) in [6, 6.07) is 1.59. The second-order valence-electron chi connectivity index (χ2n) is 2.57. The smallest absolute Gasteiger partial charge is 0.332 e. The largest absolute Gasteiger partial charge is 0.404 e. The third-order valence-corrected chi connectivity index (χ3v) is 1.64. The highest BCUT2D eigenvalue weighted by Crippen LogP contribution is 2.24.